The molecule has 0 heterocycles. The zero-order chi connectivity index (χ0) is 16.8. The molecule has 0 fully saturated rings. The van der Waals surface area contributed by atoms with E-state index in [-0.39, 0.29) is 23.7 Å². The van der Waals surface area contributed by atoms with Crippen molar-refractivity contribution in [3.05, 3.63) is 24.3 Å². The summed E-state index contributed by atoms with van der Waals surface area (Å²) in [4.78, 5) is 12.9. The van der Waals surface area contributed by atoms with Gasteiger partial charge >= 0.3 is 6.03 Å². The number of carbonyl (C=O) groups excluding carboxylic acids is 1. The van der Waals surface area contributed by atoms with Crippen molar-refractivity contribution < 1.29 is 26.7 Å². The van der Waals surface area contributed by atoms with Crippen molar-refractivity contribution in [1.29, 1.82) is 0 Å². The fourth-order valence-electron chi connectivity index (χ4n) is 1.73. The van der Waals surface area contributed by atoms with Crippen LogP contribution in [0, 0.1) is 0 Å². The van der Waals surface area contributed by atoms with Gasteiger partial charge in [-0.15, -0.1) is 0 Å². The highest BCUT2D eigenvalue weighted by atomic mass is 32.2. The number of carbonyl (C=O) groups is 1. The van der Waals surface area contributed by atoms with Crippen molar-refractivity contribution in [2.24, 2.45) is 0 Å². The zero-order valence-electron chi connectivity index (χ0n) is 12.3. The molecule has 0 aromatic heterocycles. The van der Waals surface area contributed by atoms with E-state index in [2.05, 4.69) is 5.32 Å². The smallest absolute Gasteiger partial charge is 0.322 e. The van der Waals surface area contributed by atoms with Gasteiger partial charge in [-0.1, -0.05) is 12.1 Å². The second-order valence-corrected chi connectivity index (χ2v) is 6.51. The van der Waals surface area contributed by atoms with Gasteiger partial charge in [0.2, 0.25) is 0 Å². The van der Waals surface area contributed by atoms with Crippen LogP contribution in [0.2, 0.25) is 0 Å². The number of methoxy groups -OCH3 is 1. The summed E-state index contributed by atoms with van der Waals surface area (Å²) in [7, 11) is -2.16. The highest BCUT2D eigenvalue weighted by Crippen LogP contribution is 2.21. The lowest BCUT2D eigenvalue weighted by Gasteiger charge is -2.23. The number of amides is 2. The third-order valence-corrected chi connectivity index (χ3v) is 3.89. The van der Waals surface area contributed by atoms with Gasteiger partial charge in [0.25, 0.3) is 6.43 Å². The third kappa shape index (κ3) is 5.57. The molecular formula is C13H18F2N2O4S. The molecule has 2 amide bonds. The number of halogens is 2. The Balaban J connectivity index is 2.94. The van der Waals surface area contributed by atoms with E-state index in [1.54, 1.807) is 0 Å². The van der Waals surface area contributed by atoms with E-state index in [1.807, 2.05) is 0 Å². The molecule has 9 heteroatoms. The topological polar surface area (TPSA) is 75.7 Å². The molecule has 1 rings (SSSR count). The van der Waals surface area contributed by atoms with Crippen LogP contribution in [0.1, 0.15) is 0 Å². The number of para-hydroxylation sites is 1. The molecule has 0 atom stereocenters. The normalized spacial score (nSPS) is 11.5. The number of ether oxygens (including phenoxy) is 1. The van der Waals surface area contributed by atoms with Crippen LogP contribution in [0.25, 0.3) is 0 Å². The largest absolute Gasteiger partial charge is 0.383 e. The van der Waals surface area contributed by atoms with Gasteiger partial charge in [-0.25, -0.2) is 22.0 Å². The zero-order valence-corrected chi connectivity index (χ0v) is 13.1. The standard InChI is InChI=1S/C13H18F2N2O4S/c1-21-8-7-17(9-12(14)15)13(18)16-10-5-3-4-6-11(10)22(2,19)20/h3-6,12H,7-9H2,1-2H3,(H,16,18). The predicted molar refractivity (Wildman–Crippen MR) is 78.0 cm³/mol. The van der Waals surface area contributed by atoms with Gasteiger partial charge in [0.15, 0.2) is 9.84 Å². The fraction of sp³-hybridized carbons (Fsp3) is 0.462. The lowest BCUT2D eigenvalue weighted by atomic mass is 10.3. The van der Waals surface area contributed by atoms with E-state index in [1.165, 1.54) is 31.4 Å². The molecule has 0 radical (unpaired) electrons. The van der Waals surface area contributed by atoms with Crippen molar-refractivity contribution in [2.75, 3.05) is 38.4 Å². The minimum atomic E-state index is -3.55. The molecule has 124 valence electrons. The Morgan fingerprint density at radius 1 is 1.36 bits per heavy atom. The number of hydrogen-bond acceptors (Lipinski definition) is 4. The number of hydrogen-bond donors (Lipinski definition) is 1. The van der Waals surface area contributed by atoms with Crippen LogP contribution in [0.3, 0.4) is 0 Å². The SMILES string of the molecule is COCCN(CC(F)F)C(=O)Nc1ccccc1S(C)(=O)=O. The summed E-state index contributed by atoms with van der Waals surface area (Å²) in [5.41, 5.74) is 0.0479. The van der Waals surface area contributed by atoms with Gasteiger partial charge in [0.05, 0.1) is 23.7 Å². The summed E-state index contributed by atoms with van der Waals surface area (Å²) < 4.78 is 53.1. The third-order valence-electron chi connectivity index (χ3n) is 2.74. The molecule has 0 bridgehead atoms. The molecule has 1 N–H and O–H groups in total. The molecule has 1 aromatic carbocycles. The lowest BCUT2D eigenvalue weighted by molar-refractivity contribution is 0.0873. The molecule has 22 heavy (non-hydrogen) atoms. The molecular weight excluding hydrogens is 318 g/mol. The summed E-state index contributed by atoms with van der Waals surface area (Å²) in [6.45, 7) is -0.711. The second kappa shape index (κ2) is 8.04. The van der Waals surface area contributed by atoms with Gasteiger partial charge in [-0.3, -0.25) is 0 Å². The highest BCUT2D eigenvalue weighted by molar-refractivity contribution is 7.90. The van der Waals surface area contributed by atoms with Gasteiger partial charge in [0, 0.05) is 19.9 Å². The van der Waals surface area contributed by atoms with Gasteiger partial charge < -0.3 is 15.0 Å². The Labute approximate surface area is 128 Å². The summed E-state index contributed by atoms with van der Waals surface area (Å²) in [6, 6.07) is 4.96. The Kier molecular flexibility index (Phi) is 6.69. The Bertz CT molecular complexity index is 608. The van der Waals surface area contributed by atoms with Crippen LogP contribution in [0.5, 0.6) is 0 Å². The fourth-order valence-corrected chi connectivity index (χ4v) is 2.58. The number of urea groups is 1. The van der Waals surface area contributed by atoms with E-state index < -0.39 is 28.8 Å². The summed E-state index contributed by atoms with van der Waals surface area (Å²) in [6.07, 6.45) is -1.70. The van der Waals surface area contributed by atoms with Gasteiger partial charge in [-0.05, 0) is 12.1 Å². The first kappa shape index (κ1) is 18.3. The number of rotatable bonds is 7. The molecule has 1 aromatic rings. The molecule has 6 nitrogen and oxygen atoms in total. The van der Waals surface area contributed by atoms with Crippen molar-refractivity contribution in [3.63, 3.8) is 0 Å². The first-order valence-electron chi connectivity index (χ1n) is 6.37. The molecule has 0 saturated heterocycles. The molecule has 0 aliphatic rings. The summed E-state index contributed by atoms with van der Waals surface area (Å²) >= 11 is 0. The first-order chi connectivity index (χ1) is 10.3. The summed E-state index contributed by atoms with van der Waals surface area (Å²) in [5, 5.41) is 2.35. The van der Waals surface area contributed by atoms with Crippen LogP contribution in [0.15, 0.2) is 29.2 Å². The van der Waals surface area contributed by atoms with Crippen LogP contribution in [0.4, 0.5) is 19.3 Å². The number of nitrogens with zero attached hydrogens (tertiary/aromatic N) is 1. The van der Waals surface area contributed by atoms with Crippen LogP contribution >= 0.6 is 0 Å². The number of alkyl halides is 2. The summed E-state index contributed by atoms with van der Waals surface area (Å²) in [5.74, 6) is 0. The average molecular weight is 336 g/mol. The van der Waals surface area contributed by atoms with Crippen LogP contribution in [-0.4, -0.2) is 58.8 Å². The van der Waals surface area contributed by atoms with Crippen molar-refractivity contribution in [3.8, 4) is 0 Å². The predicted octanol–water partition coefficient (Wildman–Crippen LogP) is 1.84. The van der Waals surface area contributed by atoms with Crippen LogP contribution in [-0.2, 0) is 14.6 Å². The van der Waals surface area contributed by atoms with Gasteiger partial charge in [0.1, 0.15) is 0 Å². The number of nitrogens with one attached hydrogen (secondary N) is 1. The molecule has 0 saturated carbocycles. The quantitative estimate of drug-likeness (QED) is 0.824. The van der Waals surface area contributed by atoms with E-state index in [0.717, 1.165) is 11.2 Å². The highest BCUT2D eigenvalue weighted by Gasteiger charge is 2.20. The van der Waals surface area contributed by atoms with E-state index in [9.17, 15) is 22.0 Å². The second-order valence-electron chi connectivity index (χ2n) is 4.53. The minimum absolute atomic E-state index is 0.0340. The molecule has 0 aliphatic carbocycles. The number of anilines is 1. The van der Waals surface area contributed by atoms with Crippen molar-refractivity contribution in [2.45, 2.75) is 11.3 Å². The average Bonchev–Trinajstić information content (AvgIpc) is 2.42. The Morgan fingerprint density at radius 2 is 2.00 bits per heavy atom. The molecule has 0 aliphatic heterocycles. The minimum Gasteiger partial charge on any atom is -0.383 e. The van der Waals surface area contributed by atoms with E-state index in [0.29, 0.717) is 0 Å². The van der Waals surface area contributed by atoms with Crippen molar-refractivity contribution >= 4 is 21.6 Å². The maximum absolute atomic E-state index is 12.5. The first-order valence-corrected chi connectivity index (χ1v) is 8.27. The monoisotopic (exact) mass is 336 g/mol. The Morgan fingerprint density at radius 3 is 2.55 bits per heavy atom. The number of sulfone groups is 1. The lowest BCUT2D eigenvalue weighted by Crippen LogP contribution is -2.40. The van der Waals surface area contributed by atoms with Gasteiger partial charge in [-0.2, -0.15) is 0 Å². The maximum atomic E-state index is 12.5. The van der Waals surface area contributed by atoms with Crippen molar-refractivity contribution in [1.82, 2.24) is 4.90 Å². The Hall–Kier alpha value is -1.74. The van der Waals surface area contributed by atoms with E-state index >= 15 is 0 Å². The molecule has 0 unspecified atom stereocenters. The van der Waals surface area contributed by atoms with Crippen LogP contribution < -0.4 is 5.32 Å². The number of benzene rings is 1. The molecule has 0 spiro atoms. The van der Waals surface area contributed by atoms with E-state index in [4.69, 9.17) is 4.74 Å². The maximum Gasteiger partial charge on any atom is 0.322 e.